The monoisotopic (exact) mass is 389 g/mol. The maximum atomic E-state index is 4.97. The standard InChI is InChI=1S/C24H27N3S/c1-3-4-14-26(17-20-8-6-5-7-9-20)18-22-23(21-12-10-19(2)11-13-21)25-24-27(22)15-16-28-24/h5-13,15-16H,3-4,14,17-18H2,1-2H3. The van der Waals surface area contributed by atoms with Gasteiger partial charge >= 0.3 is 0 Å². The van der Waals surface area contributed by atoms with E-state index in [1.54, 1.807) is 11.3 Å². The molecule has 4 aromatic rings. The number of hydrogen-bond acceptors (Lipinski definition) is 3. The first kappa shape index (κ1) is 18.9. The van der Waals surface area contributed by atoms with Gasteiger partial charge in [-0.1, -0.05) is 73.5 Å². The Balaban J connectivity index is 1.68. The summed E-state index contributed by atoms with van der Waals surface area (Å²) < 4.78 is 2.27. The molecule has 28 heavy (non-hydrogen) atoms. The van der Waals surface area contributed by atoms with Crippen molar-refractivity contribution >= 4 is 16.3 Å². The van der Waals surface area contributed by atoms with Crippen LogP contribution in [0.2, 0.25) is 0 Å². The fraction of sp³-hybridized carbons (Fsp3) is 0.292. The van der Waals surface area contributed by atoms with E-state index in [0.29, 0.717) is 0 Å². The summed E-state index contributed by atoms with van der Waals surface area (Å²) in [5.41, 5.74) is 6.24. The van der Waals surface area contributed by atoms with Crippen molar-refractivity contribution in [2.75, 3.05) is 6.54 Å². The van der Waals surface area contributed by atoms with Crippen LogP contribution in [0, 0.1) is 6.92 Å². The highest BCUT2D eigenvalue weighted by atomic mass is 32.1. The molecule has 0 fully saturated rings. The Bertz CT molecular complexity index is 1020. The van der Waals surface area contributed by atoms with Crippen LogP contribution in [0.3, 0.4) is 0 Å². The smallest absolute Gasteiger partial charge is 0.194 e. The van der Waals surface area contributed by atoms with Gasteiger partial charge in [0, 0.05) is 30.2 Å². The van der Waals surface area contributed by atoms with Crippen molar-refractivity contribution in [1.29, 1.82) is 0 Å². The van der Waals surface area contributed by atoms with Gasteiger partial charge in [-0.3, -0.25) is 9.30 Å². The molecule has 3 nitrogen and oxygen atoms in total. The van der Waals surface area contributed by atoms with Crippen LogP contribution < -0.4 is 0 Å². The van der Waals surface area contributed by atoms with Gasteiger partial charge in [0.05, 0.1) is 11.4 Å². The Morgan fingerprint density at radius 1 is 1.00 bits per heavy atom. The molecular formula is C24H27N3S. The van der Waals surface area contributed by atoms with Gasteiger partial charge in [0.25, 0.3) is 0 Å². The molecule has 2 aromatic carbocycles. The Morgan fingerprint density at radius 2 is 1.79 bits per heavy atom. The van der Waals surface area contributed by atoms with Crippen LogP contribution >= 0.6 is 11.3 Å². The van der Waals surface area contributed by atoms with Gasteiger partial charge in [-0.25, -0.2) is 4.98 Å². The van der Waals surface area contributed by atoms with E-state index < -0.39 is 0 Å². The van der Waals surface area contributed by atoms with Crippen LogP contribution in [-0.4, -0.2) is 20.8 Å². The maximum absolute atomic E-state index is 4.97. The SMILES string of the molecule is CCCCN(Cc1ccccc1)Cc1c(-c2ccc(C)cc2)nc2sccn12. The van der Waals surface area contributed by atoms with Crippen molar-refractivity contribution in [1.82, 2.24) is 14.3 Å². The average Bonchev–Trinajstić information content (AvgIpc) is 3.30. The lowest BCUT2D eigenvalue weighted by Gasteiger charge is -2.22. The minimum atomic E-state index is 0.899. The number of unbranched alkanes of at least 4 members (excludes halogenated alkanes) is 1. The Morgan fingerprint density at radius 3 is 2.54 bits per heavy atom. The lowest BCUT2D eigenvalue weighted by atomic mass is 10.1. The molecule has 2 aromatic heterocycles. The van der Waals surface area contributed by atoms with E-state index in [4.69, 9.17) is 4.98 Å². The molecule has 0 aliphatic heterocycles. The molecule has 0 aliphatic carbocycles. The number of hydrogen-bond donors (Lipinski definition) is 0. The number of aryl methyl sites for hydroxylation is 1. The quantitative estimate of drug-likeness (QED) is 0.359. The molecule has 0 N–H and O–H groups in total. The second-order valence-electron chi connectivity index (χ2n) is 7.38. The first-order chi connectivity index (χ1) is 13.7. The van der Waals surface area contributed by atoms with Crippen LogP contribution in [0.1, 0.15) is 36.6 Å². The van der Waals surface area contributed by atoms with Crippen LogP contribution in [0.4, 0.5) is 0 Å². The number of aromatic nitrogens is 2. The summed E-state index contributed by atoms with van der Waals surface area (Å²) in [6.07, 6.45) is 4.56. The topological polar surface area (TPSA) is 20.5 Å². The highest BCUT2D eigenvalue weighted by Gasteiger charge is 2.18. The predicted molar refractivity (Wildman–Crippen MR) is 119 cm³/mol. The Hall–Kier alpha value is -2.43. The highest BCUT2D eigenvalue weighted by molar-refractivity contribution is 7.15. The molecule has 0 saturated heterocycles. The second-order valence-corrected chi connectivity index (χ2v) is 8.25. The number of imidazole rings is 1. The first-order valence-electron chi connectivity index (χ1n) is 10.0. The molecule has 4 rings (SSSR count). The predicted octanol–water partition coefficient (Wildman–Crippen LogP) is 6.17. The normalized spacial score (nSPS) is 11.5. The number of rotatable bonds is 8. The van der Waals surface area contributed by atoms with E-state index >= 15 is 0 Å². The number of benzene rings is 2. The molecule has 0 bridgehead atoms. The van der Waals surface area contributed by atoms with Gasteiger partial charge in [0.1, 0.15) is 0 Å². The zero-order chi connectivity index (χ0) is 19.3. The summed E-state index contributed by atoms with van der Waals surface area (Å²) in [4.78, 5) is 8.59. The minimum Gasteiger partial charge on any atom is -0.293 e. The van der Waals surface area contributed by atoms with Crippen molar-refractivity contribution in [3.05, 3.63) is 83.0 Å². The Labute approximate surface area is 171 Å². The molecule has 0 aliphatic rings. The van der Waals surface area contributed by atoms with Crippen LogP contribution in [0.5, 0.6) is 0 Å². The van der Waals surface area contributed by atoms with Crippen molar-refractivity contribution < 1.29 is 0 Å². The highest BCUT2D eigenvalue weighted by Crippen LogP contribution is 2.28. The van der Waals surface area contributed by atoms with E-state index in [1.807, 2.05) is 0 Å². The molecule has 0 atom stereocenters. The maximum Gasteiger partial charge on any atom is 0.194 e. The van der Waals surface area contributed by atoms with Crippen molar-refractivity contribution in [2.45, 2.75) is 39.8 Å². The fourth-order valence-electron chi connectivity index (χ4n) is 3.58. The molecule has 0 spiro atoms. The summed E-state index contributed by atoms with van der Waals surface area (Å²) in [6, 6.07) is 19.5. The summed E-state index contributed by atoms with van der Waals surface area (Å²) >= 11 is 1.70. The lowest BCUT2D eigenvalue weighted by molar-refractivity contribution is 0.249. The van der Waals surface area contributed by atoms with Gasteiger partial charge in [-0.15, -0.1) is 11.3 Å². The van der Waals surface area contributed by atoms with Gasteiger partial charge in [0.15, 0.2) is 4.96 Å². The third-order valence-electron chi connectivity index (χ3n) is 5.14. The van der Waals surface area contributed by atoms with Crippen LogP contribution in [0.25, 0.3) is 16.2 Å². The van der Waals surface area contributed by atoms with E-state index in [9.17, 15) is 0 Å². The van der Waals surface area contributed by atoms with Crippen LogP contribution in [-0.2, 0) is 13.1 Å². The molecule has 0 unspecified atom stereocenters. The third kappa shape index (κ3) is 4.18. The molecule has 0 radical (unpaired) electrons. The van der Waals surface area contributed by atoms with E-state index in [-0.39, 0.29) is 0 Å². The van der Waals surface area contributed by atoms with Gasteiger partial charge in [-0.05, 0) is 25.5 Å². The second kappa shape index (κ2) is 8.72. The third-order valence-corrected chi connectivity index (χ3v) is 5.89. The van der Waals surface area contributed by atoms with Crippen molar-refractivity contribution in [2.24, 2.45) is 0 Å². The number of nitrogens with zero attached hydrogens (tertiary/aromatic N) is 3. The zero-order valence-corrected chi connectivity index (χ0v) is 17.5. The molecular weight excluding hydrogens is 362 g/mol. The van der Waals surface area contributed by atoms with E-state index in [2.05, 4.69) is 89.3 Å². The fourth-order valence-corrected chi connectivity index (χ4v) is 4.31. The van der Waals surface area contributed by atoms with Gasteiger partial charge in [-0.2, -0.15) is 0 Å². The van der Waals surface area contributed by atoms with E-state index in [1.165, 1.54) is 35.2 Å². The molecule has 2 heterocycles. The first-order valence-corrected chi connectivity index (χ1v) is 10.9. The Kier molecular flexibility index (Phi) is 5.89. The summed E-state index contributed by atoms with van der Waals surface area (Å²) in [5.74, 6) is 0. The van der Waals surface area contributed by atoms with Gasteiger partial charge in [0.2, 0.25) is 0 Å². The minimum absolute atomic E-state index is 0.899. The van der Waals surface area contributed by atoms with Crippen LogP contribution in [0.15, 0.2) is 66.2 Å². The van der Waals surface area contributed by atoms with Crippen molar-refractivity contribution in [3.8, 4) is 11.3 Å². The molecule has 144 valence electrons. The van der Waals surface area contributed by atoms with E-state index in [0.717, 1.165) is 30.3 Å². The number of fused-ring (bicyclic) bond motifs is 1. The number of thiazole rings is 1. The summed E-state index contributed by atoms with van der Waals surface area (Å²) in [6.45, 7) is 7.34. The summed E-state index contributed by atoms with van der Waals surface area (Å²) in [7, 11) is 0. The molecule has 4 heteroatoms. The van der Waals surface area contributed by atoms with Crippen molar-refractivity contribution in [3.63, 3.8) is 0 Å². The average molecular weight is 390 g/mol. The van der Waals surface area contributed by atoms with Gasteiger partial charge < -0.3 is 0 Å². The summed E-state index contributed by atoms with van der Waals surface area (Å²) in [5, 5.41) is 2.12. The molecule has 0 saturated carbocycles. The largest absolute Gasteiger partial charge is 0.293 e. The zero-order valence-electron chi connectivity index (χ0n) is 16.6. The lowest BCUT2D eigenvalue weighted by Crippen LogP contribution is -2.25. The molecule has 0 amide bonds.